The highest BCUT2D eigenvalue weighted by Crippen LogP contribution is 2.33. The summed E-state index contributed by atoms with van der Waals surface area (Å²) in [6.45, 7) is 2.06. The van der Waals surface area contributed by atoms with Crippen LogP contribution in [0.3, 0.4) is 0 Å². The molecule has 0 spiro atoms. The van der Waals surface area contributed by atoms with E-state index >= 15 is 0 Å². The first-order valence-corrected chi connectivity index (χ1v) is 9.45. The van der Waals surface area contributed by atoms with E-state index in [1.807, 2.05) is 36.4 Å². The average Bonchev–Trinajstić information content (AvgIpc) is 3.18. The van der Waals surface area contributed by atoms with E-state index in [0.717, 1.165) is 21.8 Å². The Labute approximate surface area is 157 Å². The Hall–Kier alpha value is -2.85. The van der Waals surface area contributed by atoms with Gasteiger partial charge in [-0.1, -0.05) is 77.5 Å². The quantitative estimate of drug-likeness (QED) is 0.410. The molecule has 26 heavy (non-hydrogen) atoms. The molecule has 0 unspecified atom stereocenters. The fourth-order valence-electron chi connectivity index (χ4n) is 2.66. The lowest BCUT2D eigenvalue weighted by atomic mass is 10.1. The highest BCUT2D eigenvalue weighted by atomic mass is 32.2. The number of aryl methyl sites for hydroxylation is 1. The number of benzene rings is 3. The van der Waals surface area contributed by atoms with Crippen LogP contribution in [0.1, 0.15) is 11.1 Å². The van der Waals surface area contributed by atoms with Crippen LogP contribution in [0.25, 0.3) is 22.8 Å². The van der Waals surface area contributed by atoms with Gasteiger partial charge < -0.3 is 4.52 Å². The summed E-state index contributed by atoms with van der Waals surface area (Å²) in [6.07, 6.45) is 0. The summed E-state index contributed by atoms with van der Waals surface area (Å²) in [4.78, 5) is 5.74. The molecule has 128 valence electrons. The molecule has 0 aliphatic carbocycles. The normalized spacial score (nSPS) is 10.8. The first-order valence-electron chi connectivity index (χ1n) is 8.46. The molecule has 0 amide bonds. The maximum atomic E-state index is 5.55. The largest absolute Gasteiger partial charge is 0.334 e. The lowest BCUT2D eigenvalue weighted by Gasteiger charge is -2.05. The minimum atomic E-state index is 0.553. The maximum absolute atomic E-state index is 5.55. The van der Waals surface area contributed by atoms with E-state index in [-0.39, 0.29) is 0 Å². The SMILES string of the molecule is Cc1ccc(-c2noc(-c3ccccc3SCc3ccccc3)n2)cc1. The number of thioether (sulfide) groups is 1. The molecule has 3 aromatic carbocycles. The second-order valence-corrected chi connectivity index (χ2v) is 7.08. The zero-order chi connectivity index (χ0) is 17.8. The Morgan fingerprint density at radius 1 is 0.846 bits per heavy atom. The predicted octanol–water partition coefficient (Wildman–Crippen LogP) is 6.00. The highest BCUT2D eigenvalue weighted by Gasteiger charge is 2.14. The van der Waals surface area contributed by atoms with E-state index in [9.17, 15) is 0 Å². The van der Waals surface area contributed by atoms with Crippen molar-refractivity contribution in [3.05, 3.63) is 90.0 Å². The summed E-state index contributed by atoms with van der Waals surface area (Å²) in [5.74, 6) is 2.07. The number of nitrogens with zero attached hydrogens (tertiary/aromatic N) is 2. The molecule has 0 atom stereocenters. The fraction of sp³-hybridized carbons (Fsp3) is 0.0909. The van der Waals surface area contributed by atoms with Gasteiger partial charge in [0.2, 0.25) is 5.82 Å². The van der Waals surface area contributed by atoms with Gasteiger partial charge in [0.25, 0.3) is 5.89 Å². The van der Waals surface area contributed by atoms with Crippen molar-refractivity contribution < 1.29 is 4.52 Å². The van der Waals surface area contributed by atoms with E-state index in [2.05, 4.69) is 59.5 Å². The first kappa shape index (κ1) is 16.6. The molecule has 0 aliphatic heterocycles. The monoisotopic (exact) mass is 358 g/mol. The van der Waals surface area contributed by atoms with E-state index in [1.165, 1.54) is 11.1 Å². The van der Waals surface area contributed by atoms with Crippen LogP contribution in [0, 0.1) is 6.92 Å². The molecule has 1 heterocycles. The minimum Gasteiger partial charge on any atom is -0.334 e. The Balaban J connectivity index is 1.59. The first-order chi connectivity index (χ1) is 12.8. The number of hydrogen-bond acceptors (Lipinski definition) is 4. The molecule has 0 N–H and O–H groups in total. The fourth-order valence-corrected chi connectivity index (χ4v) is 3.66. The Morgan fingerprint density at radius 2 is 1.58 bits per heavy atom. The summed E-state index contributed by atoms with van der Waals surface area (Å²) in [6, 6.07) is 26.7. The van der Waals surface area contributed by atoms with Crippen molar-refractivity contribution in [2.75, 3.05) is 0 Å². The van der Waals surface area contributed by atoms with Crippen LogP contribution in [-0.4, -0.2) is 10.1 Å². The van der Waals surface area contributed by atoms with E-state index < -0.39 is 0 Å². The van der Waals surface area contributed by atoms with Gasteiger partial charge in [0.15, 0.2) is 0 Å². The standard InChI is InChI=1S/C22H18N2OS/c1-16-11-13-18(14-12-16)21-23-22(25-24-21)19-9-5-6-10-20(19)26-15-17-7-3-2-4-8-17/h2-14H,15H2,1H3. The lowest BCUT2D eigenvalue weighted by Crippen LogP contribution is -1.85. The molecule has 0 fully saturated rings. The molecule has 0 aliphatic rings. The molecule has 4 aromatic rings. The van der Waals surface area contributed by atoms with Gasteiger partial charge in [-0.15, -0.1) is 11.8 Å². The molecule has 0 saturated carbocycles. The van der Waals surface area contributed by atoms with Gasteiger partial charge in [0, 0.05) is 16.2 Å². The molecular formula is C22H18N2OS. The summed E-state index contributed by atoms with van der Waals surface area (Å²) < 4.78 is 5.55. The third kappa shape index (κ3) is 3.70. The molecule has 0 radical (unpaired) electrons. The topological polar surface area (TPSA) is 38.9 Å². The highest BCUT2D eigenvalue weighted by molar-refractivity contribution is 7.98. The Kier molecular flexibility index (Phi) is 4.84. The number of hydrogen-bond donors (Lipinski definition) is 0. The van der Waals surface area contributed by atoms with Crippen molar-refractivity contribution in [1.82, 2.24) is 10.1 Å². The second kappa shape index (κ2) is 7.58. The molecule has 0 saturated heterocycles. The van der Waals surface area contributed by atoms with Crippen LogP contribution in [0.15, 0.2) is 88.3 Å². The van der Waals surface area contributed by atoms with Crippen LogP contribution in [0.4, 0.5) is 0 Å². The second-order valence-electron chi connectivity index (χ2n) is 6.06. The van der Waals surface area contributed by atoms with Gasteiger partial charge in [-0.2, -0.15) is 4.98 Å². The van der Waals surface area contributed by atoms with Gasteiger partial charge >= 0.3 is 0 Å². The summed E-state index contributed by atoms with van der Waals surface area (Å²) >= 11 is 1.77. The van der Waals surface area contributed by atoms with Crippen LogP contribution in [0.5, 0.6) is 0 Å². The van der Waals surface area contributed by atoms with E-state index in [0.29, 0.717) is 11.7 Å². The Bertz CT molecular complexity index is 994. The smallest absolute Gasteiger partial charge is 0.259 e. The third-order valence-electron chi connectivity index (χ3n) is 4.09. The van der Waals surface area contributed by atoms with Gasteiger partial charge in [-0.25, -0.2) is 0 Å². The molecule has 0 bridgehead atoms. The summed E-state index contributed by atoms with van der Waals surface area (Å²) in [5.41, 5.74) is 4.43. The van der Waals surface area contributed by atoms with Crippen molar-refractivity contribution in [1.29, 1.82) is 0 Å². The minimum absolute atomic E-state index is 0.553. The molecule has 4 heteroatoms. The van der Waals surface area contributed by atoms with Crippen LogP contribution >= 0.6 is 11.8 Å². The number of rotatable bonds is 5. The number of aromatic nitrogens is 2. The summed E-state index contributed by atoms with van der Waals surface area (Å²) in [7, 11) is 0. The average molecular weight is 358 g/mol. The van der Waals surface area contributed by atoms with Gasteiger partial charge in [-0.05, 0) is 24.6 Å². The van der Waals surface area contributed by atoms with Crippen LogP contribution < -0.4 is 0 Å². The third-order valence-corrected chi connectivity index (χ3v) is 5.24. The zero-order valence-electron chi connectivity index (χ0n) is 14.4. The van der Waals surface area contributed by atoms with Gasteiger partial charge in [0.05, 0.1) is 5.56 Å². The van der Waals surface area contributed by atoms with E-state index in [4.69, 9.17) is 4.52 Å². The van der Waals surface area contributed by atoms with Crippen molar-refractivity contribution >= 4 is 11.8 Å². The lowest BCUT2D eigenvalue weighted by molar-refractivity contribution is 0.431. The Morgan fingerprint density at radius 3 is 2.38 bits per heavy atom. The molecule has 1 aromatic heterocycles. The van der Waals surface area contributed by atoms with Crippen molar-refractivity contribution in [3.8, 4) is 22.8 Å². The molecular weight excluding hydrogens is 340 g/mol. The van der Waals surface area contributed by atoms with Crippen LogP contribution in [0.2, 0.25) is 0 Å². The van der Waals surface area contributed by atoms with Gasteiger partial charge in [0.1, 0.15) is 0 Å². The molecule has 3 nitrogen and oxygen atoms in total. The molecule has 4 rings (SSSR count). The van der Waals surface area contributed by atoms with Crippen molar-refractivity contribution in [2.45, 2.75) is 17.6 Å². The van der Waals surface area contributed by atoms with Crippen molar-refractivity contribution in [3.63, 3.8) is 0 Å². The summed E-state index contributed by atoms with van der Waals surface area (Å²) in [5, 5.41) is 4.16. The van der Waals surface area contributed by atoms with Gasteiger partial charge in [-0.3, -0.25) is 0 Å². The van der Waals surface area contributed by atoms with E-state index in [1.54, 1.807) is 11.8 Å². The maximum Gasteiger partial charge on any atom is 0.259 e. The van der Waals surface area contributed by atoms with Crippen LogP contribution in [-0.2, 0) is 5.75 Å². The zero-order valence-corrected chi connectivity index (χ0v) is 15.2. The predicted molar refractivity (Wildman–Crippen MR) is 106 cm³/mol. The van der Waals surface area contributed by atoms with Crippen molar-refractivity contribution in [2.24, 2.45) is 0 Å².